The van der Waals surface area contributed by atoms with Crippen molar-refractivity contribution < 1.29 is 26.3 Å². The topological polar surface area (TPSA) is 90.0 Å². The Hall–Kier alpha value is -1.81. The van der Waals surface area contributed by atoms with Crippen LogP contribution in [0, 0.1) is 0 Å². The minimum atomic E-state index is -3.84. The smallest absolute Gasteiger partial charge is 0.243 e. The number of hydrogen-bond acceptors (Lipinski definition) is 6. The molecule has 1 saturated heterocycles. The van der Waals surface area contributed by atoms with Gasteiger partial charge in [-0.1, -0.05) is 11.6 Å². The Morgan fingerprint density at radius 3 is 2.25 bits per heavy atom. The predicted molar refractivity (Wildman–Crippen MR) is 103 cm³/mol. The second kappa shape index (κ2) is 7.22. The van der Waals surface area contributed by atoms with Crippen molar-refractivity contribution in [2.45, 2.75) is 21.5 Å². The van der Waals surface area contributed by atoms with Crippen LogP contribution < -0.4 is 9.47 Å². The average molecular weight is 444 g/mol. The predicted octanol–water partition coefficient (Wildman–Crippen LogP) is 2.35. The highest BCUT2D eigenvalue weighted by Gasteiger charge is 2.39. The lowest BCUT2D eigenvalue weighted by Crippen LogP contribution is -2.32. The van der Waals surface area contributed by atoms with Crippen molar-refractivity contribution in [3.8, 4) is 11.5 Å². The number of sulfonamides is 1. The van der Waals surface area contributed by atoms with Crippen LogP contribution in [0.2, 0.25) is 5.02 Å². The Labute approximate surface area is 168 Å². The van der Waals surface area contributed by atoms with Crippen LogP contribution in [-0.2, 0) is 19.9 Å². The molecule has 150 valence electrons. The first-order chi connectivity index (χ1) is 13.3. The number of sulfone groups is 1. The molecule has 0 aliphatic carbocycles. The van der Waals surface area contributed by atoms with Crippen molar-refractivity contribution in [2.24, 2.45) is 0 Å². The number of hydrogen-bond donors (Lipinski definition) is 0. The zero-order valence-corrected chi connectivity index (χ0v) is 17.1. The van der Waals surface area contributed by atoms with Crippen LogP contribution in [-0.4, -0.2) is 52.7 Å². The van der Waals surface area contributed by atoms with Crippen LogP contribution in [0.4, 0.5) is 0 Å². The summed E-state index contributed by atoms with van der Waals surface area (Å²) >= 11 is 5.82. The Balaban J connectivity index is 1.57. The van der Waals surface area contributed by atoms with Crippen LogP contribution in [0.5, 0.6) is 11.5 Å². The van der Waals surface area contributed by atoms with E-state index >= 15 is 0 Å². The zero-order chi connectivity index (χ0) is 19.9. The van der Waals surface area contributed by atoms with Gasteiger partial charge in [0.2, 0.25) is 10.0 Å². The molecule has 2 aliphatic rings. The standard InChI is InChI=1S/C18H18ClNO6S2/c19-13-1-3-14(4-2-13)27(21,22)16-7-8-20(12-16)28(23,24)15-5-6-17-18(11-15)26-10-9-25-17/h1-6,11,16H,7-10,12H2/t16-/m0/s1. The molecule has 10 heteroatoms. The van der Waals surface area contributed by atoms with E-state index in [0.717, 1.165) is 0 Å². The minimum Gasteiger partial charge on any atom is -0.486 e. The molecule has 0 N–H and O–H groups in total. The van der Waals surface area contributed by atoms with Crippen LogP contribution in [0.1, 0.15) is 6.42 Å². The largest absolute Gasteiger partial charge is 0.486 e. The maximum absolute atomic E-state index is 13.0. The van der Waals surface area contributed by atoms with Crippen molar-refractivity contribution in [1.29, 1.82) is 0 Å². The van der Waals surface area contributed by atoms with E-state index in [0.29, 0.717) is 29.7 Å². The first-order valence-corrected chi connectivity index (χ1v) is 12.0. The lowest BCUT2D eigenvalue weighted by Gasteiger charge is -2.21. The van der Waals surface area contributed by atoms with Gasteiger partial charge in [-0.05, 0) is 42.8 Å². The van der Waals surface area contributed by atoms with Gasteiger partial charge in [-0.25, -0.2) is 16.8 Å². The summed E-state index contributed by atoms with van der Waals surface area (Å²) in [5.74, 6) is 0.867. The third-order valence-electron chi connectivity index (χ3n) is 4.84. The fourth-order valence-corrected chi connectivity index (χ4v) is 6.75. The van der Waals surface area contributed by atoms with Crippen molar-refractivity contribution in [3.63, 3.8) is 0 Å². The monoisotopic (exact) mass is 443 g/mol. The Bertz CT molecular complexity index is 1100. The van der Waals surface area contributed by atoms with Gasteiger partial charge in [0.1, 0.15) is 13.2 Å². The van der Waals surface area contributed by atoms with E-state index in [1.54, 1.807) is 6.07 Å². The average Bonchev–Trinajstić information content (AvgIpc) is 3.20. The Morgan fingerprint density at radius 1 is 0.893 bits per heavy atom. The van der Waals surface area contributed by atoms with E-state index in [2.05, 4.69) is 0 Å². The first kappa shape index (κ1) is 19.5. The highest BCUT2D eigenvalue weighted by atomic mass is 35.5. The van der Waals surface area contributed by atoms with E-state index in [1.165, 1.54) is 40.7 Å². The maximum atomic E-state index is 13.0. The molecular weight excluding hydrogens is 426 g/mol. The van der Waals surface area contributed by atoms with Gasteiger partial charge < -0.3 is 9.47 Å². The van der Waals surface area contributed by atoms with Crippen molar-refractivity contribution in [2.75, 3.05) is 26.3 Å². The first-order valence-electron chi connectivity index (χ1n) is 8.68. The molecule has 2 aromatic carbocycles. The fourth-order valence-electron chi connectivity index (χ4n) is 3.32. The molecule has 2 aromatic rings. The van der Waals surface area contributed by atoms with Gasteiger partial charge in [-0.15, -0.1) is 0 Å². The Morgan fingerprint density at radius 2 is 1.54 bits per heavy atom. The molecule has 7 nitrogen and oxygen atoms in total. The minimum absolute atomic E-state index is 0.0568. The summed E-state index contributed by atoms with van der Waals surface area (Å²) in [6.07, 6.45) is 0.231. The highest BCUT2D eigenvalue weighted by Crippen LogP contribution is 2.34. The van der Waals surface area contributed by atoms with E-state index < -0.39 is 25.1 Å². The van der Waals surface area contributed by atoms with Crippen LogP contribution in [0.3, 0.4) is 0 Å². The number of fused-ring (bicyclic) bond motifs is 1. The molecule has 2 heterocycles. The third kappa shape index (κ3) is 3.47. The fraction of sp³-hybridized carbons (Fsp3) is 0.333. The van der Waals surface area contributed by atoms with Gasteiger partial charge in [0.15, 0.2) is 21.3 Å². The summed E-state index contributed by atoms with van der Waals surface area (Å²) in [4.78, 5) is 0.196. The SMILES string of the molecule is O=S(=O)(c1ccc(Cl)cc1)[C@H]1CCN(S(=O)(=O)c2ccc3c(c2)OCCO3)C1. The molecule has 28 heavy (non-hydrogen) atoms. The molecule has 0 unspecified atom stereocenters. The Kier molecular flexibility index (Phi) is 5.03. The molecular formula is C18H18ClNO6S2. The molecule has 0 saturated carbocycles. The number of ether oxygens (including phenoxy) is 2. The zero-order valence-electron chi connectivity index (χ0n) is 14.7. The quantitative estimate of drug-likeness (QED) is 0.720. The van der Waals surface area contributed by atoms with Gasteiger partial charge in [0, 0.05) is 24.2 Å². The van der Waals surface area contributed by atoms with E-state index in [9.17, 15) is 16.8 Å². The van der Waals surface area contributed by atoms with Gasteiger partial charge in [0.05, 0.1) is 15.0 Å². The van der Waals surface area contributed by atoms with Crippen molar-refractivity contribution in [3.05, 3.63) is 47.5 Å². The summed E-state index contributed by atoms with van der Waals surface area (Å²) in [7, 11) is -7.50. The lowest BCUT2D eigenvalue weighted by atomic mass is 10.3. The van der Waals surface area contributed by atoms with Crippen molar-refractivity contribution >= 4 is 31.5 Å². The molecule has 0 bridgehead atoms. The second-order valence-electron chi connectivity index (χ2n) is 6.58. The van der Waals surface area contributed by atoms with E-state index in [4.69, 9.17) is 21.1 Å². The summed E-state index contributed by atoms with van der Waals surface area (Å²) in [6.45, 7) is 0.799. The molecule has 1 atom stereocenters. The van der Waals surface area contributed by atoms with Gasteiger partial charge >= 0.3 is 0 Å². The molecule has 1 fully saturated rings. The van der Waals surface area contributed by atoms with Gasteiger partial charge in [-0.2, -0.15) is 4.31 Å². The van der Waals surface area contributed by atoms with Gasteiger partial charge in [0.25, 0.3) is 0 Å². The number of rotatable bonds is 4. The number of benzene rings is 2. The third-order valence-corrected chi connectivity index (χ3v) is 9.14. The van der Waals surface area contributed by atoms with Crippen LogP contribution in [0.15, 0.2) is 52.3 Å². The van der Waals surface area contributed by atoms with Crippen molar-refractivity contribution in [1.82, 2.24) is 4.31 Å². The maximum Gasteiger partial charge on any atom is 0.243 e. The molecule has 0 aromatic heterocycles. The van der Waals surface area contributed by atoms with Crippen LogP contribution >= 0.6 is 11.6 Å². The summed E-state index contributed by atoms with van der Waals surface area (Å²) in [5, 5.41) is -0.367. The molecule has 0 amide bonds. The second-order valence-corrected chi connectivity index (χ2v) is 11.2. The molecule has 4 rings (SSSR count). The highest BCUT2D eigenvalue weighted by molar-refractivity contribution is 7.92. The normalized spacial score (nSPS) is 20.2. The van der Waals surface area contributed by atoms with Gasteiger partial charge in [-0.3, -0.25) is 0 Å². The van der Waals surface area contributed by atoms with E-state index in [-0.39, 0.29) is 29.3 Å². The number of halogens is 1. The van der Waals surface area contributed by atoms with E-state index in [1.807, 2.05) is 0 Å². The lowest BCUT2D eigenvalue weighted by molar-refractivity contribution is 0.171. The summed E-state index contributed by atoms with van der Waals surface area (Å²) < 4.78 is 63.7. The van der Waals surface area contributed by atoms with Crippen LogP contribution in [0.25, 0.3) is 0 Å². The summed E-state index contributed by atoms with van der Waals surface area (Å²) in [5.41, 5.74) is 0. The molecule has 0 spiro atoms. The molecule has 0 radical (unpaired) electrons. The number of nitrogens with zero attached hydrogens (tertiary/aromatic N) is 1. The molecule has 2 aliphatic heterocycles. The summed E-state index contributed by atoms with van der Waals surface area (Å²) in [6, 6.07) is 10.3.